The van der Waals surface area contributed by atoms with Gasteiger partial charge in [-0.05, 0) is 25.3 Å². The molecule has 0 saturated heterocycles. The smallest absolute Gasteiger partial charge is 0.313 e. The quantitative estimate of drug-likeness (QED) is 0.636. The topological polar surface area (TPSA) is 96.9 Å². The van der Waals surface area contributed by atoms with Gasteiger partial charge in [-0.25, -0.2) is 0 Å². The highest BCUT2D eigenvalue weighted by Crippen LogP contribution is 2.28. The van der Waals surface area contributed by atoms with Crippen molar-refractivity contribution in [3.8, 4) is 11.5 Å². The maximum Gasteiger partial charge on any atom is 0.313 e. The number of amides is 2. The number of ether oxygens (including phenoxy) is 2. The zero-order valence-corrected chi connectivity index (χ0v) is 14.5. The lowest BCUT2D eigenvalue weighted by atomic mass is 10.1. The van der Waals surface area contributed by atoms with Gasteiger partial charge in [-0.2, -0.15) is 11.8 Å². The molecule has 1 aromatic rings. The van der Waals surface area contributed by atoms with Crippen LogP contribution in [-0.4, -0.2) is 55.3 Å². The molecule has 0 heterocycles. The van der Waals surface area contributed by atoms with Gasteiger partial charge in [-0.1, -0.05) is 0 Å². The predicted molar refractivity (Wildman–Crippen MR) is 90.2 cm³/mol. The maximum absolute atomic E-state index is 11.9. The minimum absolute atomic E-state index is 0.0140. The molecule has 23 heavy (non-hydrogen) atoms. The van der Waals surface area contributed by atoms with Crippen molar-refractivity contribution in [3.05, 3.63) is 18.2 Å². The number of thioether (sulfide) groups is 1. The Bertz CT molecular complexity index is 563. The second-order valence-corrected chi connectivity index (χ2v) is 6.00. The van der Waals surface area contributed by atoms with E-state index in [0.717, 1.165) is 0 Å². The van der Waals surface area contributed by atoms with Gasteiger partial charge < -0.3 is 25.2 Å². The monoisotopic (exact) mass is 342 g/mol. The molecule has 0 aliphatic carbocycles. The lowest BCUT2D eigenvalue weighted by Gasteiger charge is -2.22. The van der Waals surface area contributed by atoms with Gasteiger partial charge in [0.05, 0.1) is 25.5 Å². The van der Waals surface area contributed by atoms with Gasteiger partial charge in [0, 0.05) is 18.4 Å². The molecule has 1 aromatic carbocycles. The van der Waals surface area contributed by atoms with E-state index in [1.54, 1.807) is 25.1 Å². The fourth-order valence-corrected chi connectivity index (χ4v) is 2.52. The molecule has 2 amide bonds. The number of nitrogens with one attached hydrogen (secondary N) is 2. The summed E-state index contributed by atoms with van der Waals surface area (Å²) in [4.78, 5) is 23.7. The summed E-state index contributed by atoms with van der Waals surface area (Å²) in [6.45, 7) is 1.58. The second kappa shape index (κ2) is 8.64. The molecule has 3 N–H and O–H groups in total. The van der Waals surface area contributed by atoms with Crippen LogP contribution >= 0.6 is 11.8 Å². The van der Waals surface area contributed by atoms with Gasteiger partial charge in [0.15, 0.2) is 0 Å². The van der Waals surface area contributed by atoms with Crippen molar-refractivity contribution in [1.29, 1.82) is 0 Å². The molecule has 0 radical (unpaired) electrons. The Labute approximate surface area is 139 Å². The van der Waals surface area contributed by atoms with Gasteiger partial charge in [0.25, 0.3) is 0 Å². The molecular weight excluding hydrogens is 320 g/mol. The highest BCUT2D eigenvalue weighted by atomic mass is 32.2. The standard InChI is InChI=1S/C15H22N2O5S/c1-15(20,9-23-4)8-16-13(18)14(19)17-11-6-5-10(21-2)7-12(11)22-3/h5-7,20H,8-9H2,1-4H3,(H,16,18)(H,17,19). The molecule has 1 unspecified atom stereocenters. The lowest BCUT2D eigenvalue weighted by Crippen LogP contribution is -2.45. The molecule has 8 heteroatoms. The van der Waals surface area contributed by atoms with Crippen molar-refractivity contribution in [2.75, 3.05) is 38.1 Å². The van der Waals surface area contributed by atoms with Crippen LogP contribution in [0.4, 0.5) is 5.69 Å². The summed E-state index contributed by atoms with van der Waals surface area (Å²) in [5.41, 5.74) is -0.725. The van der Waals surface area contributed by atoms with E-state index in [0.29, 0.717) is 22.9 Å². The van der Waals surface area contributed by atoms with Crippen molar-refractivity contribution < 1.29 is 24.2 Å². The van der Waals surface area contributed by atoms with Crippen LogP contribution in [0.2, 0.25) is 0 Å². The Morgan fingerprint density at radius 1 is 1.26 bits per heavy atom. The minimum atomic E-state index is -1.08. The molecule has 0 bridgehead atoms. The van der Waals surface area contributed by atoms with Crippen LogP contribution in [0, 0.1) is 0 Å². The van der Waals surface area contributed by atoms with Crippen LogP contribution < -0.4 is 20.1 Å². The fourth-order valence-electron chi connectivity index (χ4n) is 1.79. The number of carbonyl (C=O) groups is 2. The Morgan fingerprint density at radius 3 is 2.52 bits per heavy atom. The van der Waals surface area contributed by atoms with E-state index in [-0.39, 0.29) is 6.54 Å². The average molecular weight is 342 g/mol. The second-order valence-electron chi connectivity index (χ2n) is 5.13. The van der Waals surface area contributed by atoms with E-state index in [2.05, 4.69) is 10.6 Å². The summed E-state index contributed by atoms with van der Waals surface area (Å²) in [6, 6.07) is 4.81. The third kappa shape index (κ3) is 5.99. The third-order valence-corrected chi connectivity index (χ3v) is 3.86. The molecule has 1 atom stereocenters. The van der Waals surface area contributed by atoms with Crippen LogP contribution in [-0.2, 0) is 9.59 Å². The zero-order chi connectivity index (χ0) is 17.5. The van der Waals surface area contributed by atoms with Gasteiger partial charge in [0.1, 0.15) is 11.5 Å². The first-order chi connectivity index (χ1) is 10.8. The highest BCUT2D eigenvalue weighted by molar-refractivity contribution is 7.98. The van der Waals surface area contributed by atoms with Crippen molar-refractivity contribution in [1.82, 2.24) is 5.32 Å². The summed E-state index contributed by atoms with van der Waals surface area (Å²) in [5.74, 6) is -0.281. The summed E-state index contributed by atoms with van der Waals surface area (Å²) in [7, 11) is 2.96. The van der Waals surface area contributed by atoms with E-state index < -0.39 is 17.4 Å². The maximum atomic E-state index is 11.9. The Morgan fingerprint density at radius 2 is 1.96 bits per heavy atom. The minimum Gasteiger partial charge on any atom is -0.497 e. The first-order valence-corrected chi connectivity index (χ1v) is 8.25. The summed E-state index contributed by atoms with van der Waals surface area (Å²) < 4.78 is 10.2. The van der Waals surface area contributed by atoms with Crippen LogP contribution in [0.3, 0.4) is 0 Å². The zero-order valence-electron chi connectivity index (χ0n) is 13.6. The molecule has 1 rings (SSSR count). The Kier molecular flexibility index (Phi) is 7.18. The molecule has 0 fully saturated rings. The highest BCUT2D eigenvalue weighted by Gasteiger charge is 2.23. The van der Waals surface area contributed by atoms with Gasteiger partial charge in [-0.15, -0.1) is 0 Å². The van der Waals surface area contributed by atoms with Crippen molar-refractivity contribution in [2.24, 2.45) is 0 Å². The summed E-state index contributed by atoms with van der Waals surface area (Å²) in [5, 5.41) is 14.8. The molecule has 0 aliphatic heterocycles. The van der Waals surface area contributed by atoms with E-state index in [9.17, 15) is 14.7 Å². The molecule has 0 aliphatic rings. The van der Waals surface area contributed by atoms with E-state index in [4.69, 9.17) is 9.47 Å². The van der Waals surface area contributed by atoms with Crippen molar-refractivity contribution >= 4 is 29.3 Å². The van der Waals surface area contributed by atoms with Gasteiger partial charge >= 0.3 is 11.8 Å². The van der Waals surface area contributed by atoms with Gasteiger partial charge in [0.2, 0.25) is 0 Å². The van der Waals surface area contributed by atoms with Crippen LogP contribution in [0.15, 0.2) is 18.2 Å². The van der Waals surface area contributed by atoms with Gasteiger partial charge in [-0.3, -0.25) is 9.59 Å². The van der Waals surface area contributed by atoms with E-state index in [1.807, 2.05) is 6.26 Å². The number of carbonyl (C=O) groups excluding carboxylic acids is 2. The van der Waals surface area contributed by atoms with E-state index >= 15 is 0 Å². The number of aliphatic hydroxyl groups is 1. The molecule has 0 aromatic heterocycles. The van der Waals surface area contributed by atoms with Crippen molar-refractivity contribution in [2.45, 2.75) is 12.5 Å². The molecular formula is C15H22N2O5S. The largest absolute Gasteiger partial charge is 0.497 e. The SMILES string of the molecule is COc1ccc(NC(=O)C(=O)NCC(C)(O)CSC)c(OC)c1. The number of hydrogen-bond acceptors (Lipinski definition) is 6. The van der Waals surface area contributed by atoms with E-state index in [1.165, 1.54) is 26.0 Å². The average Bonchev–Trinajstić information content (AvgIpc) is 2.52. The molecule has 7 nitrogen and oxygen atoms in total. The molecule has 0 spiro atoms. The van der Waals surface area contributed by atoms with Crippen LogP contribution in [0.5, 0.6) is 11.5 Å². The Hall–Kier alpha value is -1.93. The van der Waals surface area contributed by atoms with Crippen LogP contribution in [0.25, 0.3) is 0 Å². The summed E-state index contributed by atoms with van der Waals surface area (Å²) in [6.07, 6.45) is 1.85. The molecule has 0 saturated carbocycles. The number of anilines is 1. The first kappa shape index (κ1) is 19.1. The fraction of sp³-hybridized carbons (Fsp3) is 0.467. The first-order valence-electron chi connectivity index (χ1n) is 6.85. The predicted octanol–water partition coefficient (Wildman–Crippen LogP) is 0.872. The van der Waals surface area contributed by atoms with Crippen molar-refractivity contribution in [3.63, 3.8) is 0 Å². The number of benzene rings is 1. The molecule has 128 valence electrons. The van der Waals surface area contributed by atoms with Crippen LogP contribution in [0.1, 0.15) is 6.92 Å². The third-order valence-electron chi connectivity index (χ3n) is 2.95. The normalized spacial score (nSPS) is 12.9. The summed E-state index contributed by atoms with van der Waals surface area (Å²) >= 11 is 1.45. The number of methoxy groups -OCH3 is 2. The number of hydrogen-bond donors (Lipinski definition) is 3. The lowest BCUT2D eigenvalue weighted by molar-refractivity contribution is -0.136. The number of rotatable bonds is 7. The Balaban J connectivity index is 2.67.